The lowest BCUT2D eigenvalue weighted by molar-refractivity contribution is 0.661. The van der Waals surface area contributed by atoms with Gasteiger partial charge in [0.1, 0.15) is 0 Å². The van der Waals surface area contributed by atoms with Crippen LogP contribution in [0.15, 0.2) is 152 Å². The molecule has 1 aliphatic heterocycles. The van der Waals surface area contributed by atoms with Crippen LogP contribution in [-0.2, 0) is 0 Å². The van der Waals surface area contributed by atoms with E-state index in [1.165, 1.54) is 44.4 Å². The van der Waals surface area contributed by atoms with Crippen molar-refractivity contribution in [2.75, 3.05) is 12.3 Å². The number of hydrogen-bond acceptors (Lipinski definition) is 0. The minimum Gasteiger partial charge on any atom is -0.0622 e. The Morgan fingerprint density at radius 3 is 0.857 bits per heavy atom. The average molecular weight is 639 g/mol. The summed E-state index contributed by atoms with van der Waals surface area (Å²) in [5, 5.41) is 8.05. The number of rotatable bonds is 5. The van der Waals surface area contributed by atoms with Crippen molar-refractivity contribution < 1.29 is 0 Å². The molecule has 0 aromatic heterocycles. The highest BCUT2D eigenvalue weighted by Gasteiger charge is 2.41. The summed E-state index contributed by atoms with van der Waals surface area (Å²) in [6, 6.07) is 58.7. The molecule has 5 heteroatoms. The SMILES string of the molecule is c1ccc(P2CCCCCCCP(c3ccccc3)P(c3ccccc3)P(c3ccccc3)P2c2ccccc2)cc1. The third kappa shape index (κ3) is 7.48. The molecule has 6 rings (SSSR count). The van der Waals surface area contributed by atoms with E-state index in [-0.39, 0.29) is 15.2 Å². The predicted octanol–water partition coefficient (Wildman–Crippen LogP) is 10.6. The monoisotopic (exact) mass is 638 g/mol. The van der Waals surface area contributed by atoms with E-state index in [0.717, 1.165) is 0 Å². The maximum absolute atomic E-state index is 2.49. The van der Waals surface area contributed by atoms with Crippen molar-refractivity contribution >= 4 is 63.6 Å². The minimum absolute atomic E-state index is 0.347. The molecule has 212 valence electrons. The van der Waals surface area contributed by atoms with Crippen LogP contribution in [0.1, 0.15) is 32.1 Å². The van der Waals surface area contributed by atoms with Gasteiger partial charge in [-0.15, -0.1) is 0 Å². The van der Waals surface area contributed by atoms with Gasteiger partial charge >= 0.3 is 0 Å². The summed E-state index contributed by atoms with van der Waals surface area (Å²) in [6.45, 7) is 0. The summed E-state index contributed by atoms with van der Waals surface area (Å²) in [5.41, 5.74) is 0. The molecular weight excluding hydrogens is 599 g/mol. The van der Waals surface area contributed by atoms with Crippen LogP contribution in [0.4, 0.5) is 0 Å². The summed E-state index contributed by atoms with van der Waals surface area (Å²) in [4.78, 5) is 0. The van der Waals surface area contributed by atoms with Crippen LogP contribution in [0.25, 0.3) is 0 Å². The van der Waals surface area contributed by atoms with Gasteiger partial charge in [-0.05, 0) is 88.8 Å². The van der Waals surface area contributed by atoms with Gasteiger partial charge in [0, 0.05) is 0 Å². The molecule has 0 saturated carbocycles. The van der Waals surface area contributed by atoms with Crippen molar-refractivity contribution in [3.63, 3.8) is 0 Å². The molecule has 4 unspecified atom stereocenters. The van der Waals surface area contributed by atoms with E-state index in [0.29, 0.717) is 0 Å². The van der Waals surface area contributed by atoms with Gasteiger partial charge in [0.2, 0.25) is 0 Å². The second-order valence-corrected chi connectivity index (χ2v) is 30.3. The molecule has 1 fully saturated rings. The van der Waals surface area contributed by atoms with Crippen LogP contribution in [0.2, 0.25) is 0 Å². The normalized spacial score (nSPS) is 23.8. The van der Waals surface area contributed by atoms with Crippen molar-refractivity contribution in [1.82, 2.24) is 0 Å². The first-order valence-corrected chi connectivity index (χ1v) is 25.0. The molecule has 0 radical (unpaired) electrons. The van der Waals surface area contributed by atoms with E-state index in [2.05, 4.69) is 152 Å². The average Bonchev–Trinajstić information content (AvgIpc) is 3.07. The predicted molar refractivity (Wildman–Crippen MR) is 198 cm³/mol. The summed E-state index contributed by atoms with van der Waals surface area (Å²) < 4.78 is 0. The third-order valence-corrected chi connectivity index (χ3v) is 39.3. The van der Waals surface area contributed by atoms with Crippen LogP contribution in [-0.4, -0.2) is 12.3 Å². The first-order valence-electron chi connectivity index (χ1n) is 15.1. The van der Waals surface area contributed by atoms with Crippen LogP contribution in [0.3, 0.4) is 0 Å². The molecule has 42 heavy (non-hydrogen) atoms. The van der Waals surface area contributed by atoms with Crippen LogP contribution < -0.4 is 26.5 Å². The van der Waals surface area contributed by atoms with E-state index in [9.17, 15) is 0 Å². The maximum atomic E-state index is 2.49. The molecule has 0 N–H and O–H groups in total. The Balaban J connectivity index is 1.64. The van der Waals surface area contributed by atoms with Gasteiger partial charge in [-0.25, -0.2) is 0 Å². The molecule has 1 saturated heterocycles. The molecule has 1 aliphatic rings. The topological polar surface area (TPSA) is 0 Å². The molecule has 0 aliphatic carbocycles. The van der Waals surface area contributed by atoms with Crippen LogP contribution in [0, 0.1) is 0 Å². The standard InChI is InChI=1S/C37H39P5/c1-2-19-31-38(33-21-9-4-10-22-33)40(35-25-13-6-14-26-35)42(37-29-17-8-18-30-37)41(36-27-15-7-16-28-36)39(32-20-3-1)34-23-11-5-12-24-34/h4-18,21-30H,1-3,19-20,31-32H2. The second-order valence-electron chi connectivity index (χ2n) is 10.6. The van der Waals surface area contributed by atoms with Crippen molar-refractivity contribution in [1.29, 1.82) is 0 Å². The van der Waals surface area contributed by atoms with E-state index in [4.69, 9.17) is 0 Å². The fourth-order valence-corrected chi connectivity index (χ4v) is 48.4. The highest BCUT2D eigenvalue weighted by molar-refractivity contribution is 8.90. The maximum Gasteiger partial charge on any atom is -0.00636 e. The largest absolute Gasteiger partial charge is 0.0622 e. The van der Waals surface area contributed by atoms with Gasteiger partial charge in [0.05, 0.1) is 0 Å². The summed E-state index contributed by atoms with van der Waals surface area (Å²) in [7, 11) is -2.06. The Morgan fingerprint density at radius 1 is 0.262 bits per heavy atom. The van der Waals surface area contributed by atoms with E-state index in [1.54, 1.807) is 26.5 Å². The Kier molecular flexibility index (Phi) is 11.4. The highest BCUT2D eigenvalue weighted by atomic mass is 32.8. The molecule has 4 atom stereocenters. The van der Waals surface area contributed by atoms with Crippen molar-refractivity contribution in [3.8, 4) is 0 Å². The lowest BCUT2D eigenvalue weighted by Gasteiger charge is -2.43. The Bertz CT molecular complexity index is 1370. The fourth-order valence-electron chi connectivity index (χ4n) is 5.61. The highest BCUT2D eigenvalue weighted by Crippen LogP contribution is 3.01. The second kappa shape index (κ2) is 15.8. The molecule has 0 amide bonds. The van der Waals surface area contributed by atoms with Gasteiger partial charge < -0.3 is 0 Å². The van der Waals surface area contributed by atoms with E-state index >= 15 is 0 Å². The third-order valence-electron chi connectivity index (χ3n) is 7.63. The zero-order valence-electron chi connectivity index (χ0n) is 24.1. The van der Waals surface area contributed by atoms with Crippen molar-refractivity contribution in [2.24, 2.45) is 0 Å². The molecular formula is C37H39P5. The molecule has 5 aromatic carbocycles. The summed E-state index contributed by atoms with van der Waals surface area (Å²) in [5.74, 6) is 0. The molecule has 1 heterocycles. The quantitative estimate of drug-likeness (QED) is 0.168. The van der Waals surface area contributed by atoms with Crippen molar-refractivity contribution in [2.45, 2.75) is 32.1 Å². The van der Waals surface area contributed by atoms with Gasteiger partial charge in [-0.1, -0.05) is 171 Å². The first-order chi connectivity index (χ1) is 20.9. The van der Waals surface area contributed by atoms with Crippen LogP contribution >= 0.6 is 37.1 Å². The van der Waals surface area contributed by atoms with Gasteiger partial charge in [0.25, 0.3) is 0 Å². The number of benzene rings is 5. The Labute approximate surface area is 258 Å². The lowest BCUT2D eigenvalue weighted by atomic mass is 10.2. The summed E-state index contributed by atoms with van der Waals surface area (Å²) >= 11 is 0. The van der Waals surface area contributed by atoms with Gasteiger partial charge in [-0.2, -0.15) is 0 Å². The fraction of sp³-hybridized carbons (Fsp3) is 0.189. The molecule has 0 bridgehead atoms. The zero-order valence-corrected chi connectivity index (χ0v) is 28.6. The van der Waals surface area contributed by atoms with Crippen LogP contribution in [0.5, 0.6) is 0 Å². The smallest absolute Gasteiger partial charge is 0.00636 e. The minimum atomic E-state index is -0.478. The molecule has 0 spiro atoms. The molecule has 5 aromatic rings. The van der Waals surface area contributed by atoms with Gasteiger partial charge in [0.15, 0.2) is 0 Å². The zero-order chi connectivity index (χ0) is 28.4. The summed E-state index contributed by atoms with van der Waals surface area (Å²) in [6.07, 6.45) is 9.48. The first kappa shape index (κ1) is 30.3. The lowest BCUT2D eigenvalue weighted by Crippen LogP contribution is -2.15. The van der Waals surface area contributed by atoms with Gasteiger partial charge in [-0.3, -0.25) is 0 Å². The van der Waals surface area contributed by atoms with Crippen molar-refractivity contribution in [3.05, 3.63) is 152 Å². The number of hydrogen-bond donors (Lipinski definition) is 0. The Hall–Kier alpha value is -1.75. The van der Waals surface area contributed by atoms with E-state index in [1.807, 2.05) is 0 Å². The molecule has 0 nitrogen and oxygen atoms in total. The van der Waals surface area contributed by atoms with E-state index < -0.39 is 21.9 Å². The Morgan fingerprint density at radius 2 is 0.524 bits per heavy atom.